The van der Waals surface area contributed by atoms with Crippen molar-refractivity contribution < 1.29 is 27.6 Å². The molecule has 2 aliphatic heterocycles. The van der Waals surface area contributed by atoms with Crippen molar-refractivity contribution in [1.82, 2.24) is 9.55 Å². The smallest absolute Gasteiger partial charge is 0.493 e. The number of rotatable bonds is 5. The molecule has 2 aromatic rings. The fourth-order valence-corrected chi connectivity index (χ4v) is 4.21. The third kappa shape index (κ3) is 3.92. The first-order chi connectivity index (χ1) is 13.9. The third-order valence-electron chi connectivity index (χ3n) is 4.48. The van der Waals surface area contributed by atoms with Gasteiger partial charge in [0.1, 0.15) is 6.10 Å². The number of hydrogen-bond acceptors (Lipinski definition) is 8. The first-order valence-electron chi connectivity index (χ1n) is 8.79. The molecule has 0 bridgehead atoms. The summed E-state index contributed by atoms with van der Waals surface area (Å²) < 4.78 is 41.2. The van der Waals surface area contributed by atoms with Gasteiger partial charge in [0, 0.05) is 17.3 Å². The molecule has 11 heteroatoms. The zero-order valence-electron chi connectivity index (χ0n) is 15.7. The molecule has 3 atom stereocenters. The Hall–Kier alpha value is -2.65. The van der Waals surface area contributed by atoms with Crippen LogP contribution >= 0.6 is 7.82 Å². The average Bonchev–Trinajstić information content (AvgIpc) is 3.17. The summed E-state index contributed by atoms with van der Waals surface area (Å²) in [6, 6.07) is 5.24. The van der Waals surface area contributed by atoms with Crippen molar-refractivity contribution in [2.75, 3.05) is 13.7 Å². The van der Waals surface area contributed by atoms with Gasteiger partial charge in [-0.1, -0.05) is 18.2 Å². The summed E-state index contributed by atoms with van der Waals surface area (Å²) in [5, 5.41) is 0. The quantitative estimate of drug-likeness (QED) is 0.575. The summed E-state index contributed by atoms with van der Waals surface area (Å²) in [7, 11) is -2.38. The Kier molecular flexibility index (Phi) is 5.18. The summed E-state index contributed by atoms with van der Waals surface area (Å²) in [6.45, 7) is 1.52. The Morgan fingerprint density at radius 2 is 2.14 bits per heavy atom. The van der Waals surface area contributed by atoms with Crippen LogP contribution in [0.2, 0.25) is 0 Å². The van der Waals surface area contributed by atoms with Gasteiger partial charge in [-0.15, -0.1) is 0 Å². The van der Waals surface area contributed by atoms with Crippen LogP contribution in [0.1, 0.15) is 17.4 Å². The summed E-state index contributed by atoms with van der Waals surface area (Å²) >= 11 is 0. The number of aryl methyl sites for hydroxylation is 1. The number of aromatic amines is 1. The van der Waals surface area contributed by atoms with Crippen LogP contribution < -0.4 is 20.5 Å². The Morgan fingerprint density at radius 3 is 2.93 bits per heavy atom. The third-order valence-corrected chi connectivity index (χ3v) is 5.80. The van der Waals surface area contributed by atoms with Crippen LogP contribution in [0.15, 0.2) is 46.1 Å². The number of aromatic nitrogens is 2. The normalized spacial score (nSPS) is 25.4. The van der Waals surface area contributed by atoms with Crippen LogP contribution in [0, 0.1) is 6.92 Å². The Morgan fingerprint density at radius 1 is 1.31 bits per heavy atom. The van der Waals surface area contributed by atoms with Crippen molar-refractivity contribution in [3.63, 3.8) is 0 Å². The summed E-state index contributed by atoms with van der Waals surface area (Å²) in [5.74, 6) is 0.750. The molecule has 29 heavy (non-hydrogen) atoms. The van der Waals surface area contributed by atoms with Crippen LogP contribution in [-0.4, -0.2) is 29.4 Å². The Labute approximate surface area is 165 Å². The minimum Gasteiger partial charge on any atom is -0.493 e. The number of phosphoric acid groups is 1. The molecule has 154 valence electrons. The fourth-order valence-electron chi connectivity index (χ4n) is 2.97. The molecular weight excluding hydrogens is 403 g/mol. The van der Waals surface area contributed by atoms with E-state index < -0.39 is 31.4 Å². The van der Waals surface area contributed by atoms with Crippen molar-refractivity contribution in [3.8, 4) is 11.5 Å². The molecule has 1 aromatic carbocycles. The first-order valence-corrected chi connectivity index (χ1v) is 10.2. The van der Waals surface area contributed by atoms with Crippen molar-refractivity contribution in [2.24, 2.45) is 0 Å². The van der Waals surface area contributed by atoms with Gasteiger partial charge in [-0.05, 0) is 19.1 Å². The van der Waals surface area contributed by atoms with Gasteiger partial charge < -0.3 is 14.0 Å². The average molecular weight is 422 g/mol. The Bertz CT molecular complexity index is 1110. The number of nitrogens with one attached hydrogen (secondary N) is 1. The highest BCUT2D eigenvalue weighted by Gasteiger charge is 2.37. The SMILES string of the molecule is COc1cccc2c1OP(=O)(OC[C@@H]1C=C[C@H](n3cc(C)c(=O)[nH]c3=O)O1)OC2. The molecule has 1 N–H and O–H groups in total. The zero-order valence-corrected chi connectivity index (χ0v) is 16.6. The molecule has 4 rings (SSSR count). The number of H-pyrrole nitrogens is 1. The maximum atomic E-state index is 12.8. The van der Waals surface area contributed by atoms with Crippen LogP contribution in [0.5, 0.6) is 11.5 Å². The van der Waals surface area contributed by atoms with Crippen LogP contribution in [0.4, 0.5) is 0 Å². The molecule has 0 spiro atoms. The van der Waals surface area contributed by atoms with Gasteiger partial charge in [0.15, 0.2) is 17.7 Å². The minimum absolute atomic E-state index is 0.0554. The van der Waals surface area contributed by atoms with E-state index >= 15 is 0 Å². The fraction of sp³-hybridized carbons (Fsp3) is 0.333. The van der Waals surface area contributed by atoms with Gasteiger partial charge in [-0.2, -0.15) is 0 Å². The van der Waals surface area contributed by atoms with Gasteiger partial charge in [-0.3, -0.25) is 23.4 Å². The molecule has 0 amide bonds. The number of ether oxygens (including phenoxy) is 2. The van der Waals surface area contributed by atoms with Crippen LogP contribution in [0.25, 0.3) is 0 Å². The molecule has 0 radical (unpaired) electrons. The second kappa shape index (κ2) is 7.64. The molecule has 0 saturated carbocycles. The number of benzene rings is 1. The molecule has 3 heterocycles. The van der Waals surface area contributed by atoms with E-state index in [1.54, 1.807) is 37.3 Å². The number of methoxy groups -OCH3 is 1. The van der Waals surface area contributed by atoms with Gasteiger partial charge >= 0.3 is 13.5 Å². The van der Waals surface area contributed by atoms with Gasteiger partial charge in [0.2, 0.25) is 0 Å². The van der Waals surface area contributed by atoms with Crippen molar-refractivity contribution in [1.29, 1.82) is 0 Å². The Balaban J connectivity index is 1.41. The second-order valence-corrected chi connectivity index (χ2v) is 8.08. The van der Waals surface area contributed by atoms with Crippen molar-refractivity contribution >= 4 is 7.82 Å². The maximum absolute atomic E-state index is 12.8. The van der Waals surface area contributed by atoms with Gasteiger partial charge in [-0.25, -0.2) is 9.36 Å². The lowest BCUT2D eigenvalue weighted by molar-refractivity contribution is -0.0131. The van der Waals surface area contributed by atoms with E-state index in [0.717, 1.165) is 0 Å². The number of hydrogen-bond donors (Lipinski definition) is 1. The minimum atomic E-state index is -3.86. The molecule has 0 aliphatic carbocycles. The van der Waals surface area contributed by atoms with Gasteiger partial charge in [0.25, 0.3) is 5.56 Å². The van der Waals surface area contributed by atoms with Crippen molar-refractivity contribution in [2.45, 2.75) is 25.9 Å². The largest absolute Gasteiger partial charge is 0.530 e. The highest BCUT2D eigenvalue weighted by atomic mass is 31.2. The summed E-state index contributed by atoms with van der Waals surface area (Å²) in [6.07, 6.45) is 3.42. The van der Waals surface area contributed by atoms with Gasteiger partial charge in [0.05, 0.1) is 20.3 Å². The van der Waals surface area contributed by atoms with Crippen LogP contribution in [0.3, 0.4) is 0 Å². The zero-order chi connectivity index (χ0) is 20.6. The lowest BCUT2D eigenvalue weighted by Gasteiger charge is -2.26. The van der Waals surface area contributed by atoms with E-state index in [4.69, 9.17) is 23.0 Å². The number of fused-ring (bicyclic) bond motifs is 1. The summed E-state index contributed by atoms with van der Waals surface area (Å²) in [5.41, 5.74) is 0.0347. The predicted octanol–water partition coefficient (Wildman–Crippen LogP) is 2.04. The van der Waals surface area contributed by atoms with E-state index in [-0.39, 0.29) is 13.2 Å². The highest BCUT2D eigenvalue weighted by molar-refractivity contribution is 7.49. The first kappa shape index (κ1) is 19.7. The maximum Gasteiger partial charge on any atom is 0.530 e. The van der Waals surface area contributed by atoms with Crippen molar-refractivity contribution in [3.05, 3.63) is 68.5 Å². The number of phosphoric ester groups is 1. The topological polar surface area (TPSA) is 118 Å². The highest BCUT2D eigenvalue weighted by Crippen LogP contribution is 2.56. The standard InChI is InChI=1S/C18H19N2O8P/c1-11-8-20(18(22)19-17(11)21)15-7-6-13(27-15)10-26-29(23)25-9-12-4-3-5-14(24-2)16(12)28-29/h3-8,13,15H,9-10H2,1-2H3,(H,19,21,22)/t13-,15+,29?/m0/s1. The molecule has 10 nitrogen and oxygen atoms in total. The monoisotopic (exact) mass is 422 g/mol. The van der Waals surface area contributed by atoms with Crippen LogP contribution in [-0.2, 0) is 25.0 Å². The molecular formula is C18H19N2O8P. The molecule has 1 aromatic heterocycles. The summed E-state index contributed by atoms with van der Waals surface area (Å²) in [4.78, 5) is 25.7. The number of para-hydroxylation sites is 1. The lowest BCUT2D eigenvalue weighted by Crippen LogP contribution is -2.33. The van der Waals surface area contributed by atoms with E-state index in [2.05, 4.69) is 4.98 Å². The predicted molar refractivity (Wildman–Crippen MR) is 101 cm³/mol. The second-order valence-electron chi connectivity index (χ2n) is 6.48. The van der Waals surface area contributed by atoms with E-state index in [1.807, 2.05) is 0 Å². The molecule has 0 fully saturated rings. The number of nitrogens with zero attached hydrogens (tertiary/aromatic N) is 1. The van der Waals surface area contributed by atoms with E-state index in [1.165, 1.54) is 17.9 Å². The molecule has 2 aliphatic rings. The van der Waals surface area contributed by atoms with E-state index in [9.17, 15) is 14.2 Å². The molecule has 0 saturated heterocycles. The molecule has 1 unspecified atom stereocenters. The lowest BCUT2D eigenvalue weighted by atomic mass is 10.2. The van der Waals surface area contributed by atoms with E-state index in [0.29, 0.717) is 22.6 Å².